The first kappa shape index (κ1) is 19.7. The van der Waals surface area contributed by atoms with Gasteiger partial charge in [0.15, 0.2) is 17.7 Å². The fourth-order valence-corrected chi connectivity index (χ4v) is 3.81. The van der Waals surface area contributed by atoms with Gasteiger partial charge in [-0.2, -0.15) is 0 Å². The highest BCUT2D eigenvalue weighted by atomic mass is 16.6. The van der Waals surface area contributed by atoms with Gasteiger partial charge in [-0.25, -0.2) is 15.0 Å². The Labute approximate surface area is 168 Å². The van der Waals surface area contributed by atoms with Crippen LogP contribution in [0.4, 0.5) is 5.82 Å². The van der Waals surface area contributed by atoms with E-state index in [0.29, 0.717) is 24.0 Å². The van der Waals surface area contributed by atoms with Crippen molar-refractivity contribution in [1.29, 1.82) is 0 Å². The zero-order valence-corrected chi connectivity index (χ0v) is 16.2. The monoisotopic (exact) mass is 398 g/mol. The van der Waals surface area contributed by atoms with Crippen LogP contribution in [0.15, 0.2) is 36.9 Å². The molecular weight excluding hydrogens is 372 g/mol. The van der Waals surface area contributed by atoms with Crippen LogP contribution in [0, 0.1) is 0 Å². The lowest BCUT2D eigenvalue weighted by molar-refractivity contribution is -0.0385. The third-order valence-electron chi connectivity index (χ3n) is 5.46. The van der Waals surface area contributed by atoms with E-state index < -0.39 is 24.5 Å². The molecule has 0 aliphatic carbocycles. The lowest BCUT2D eigenvalue weighted by Gasteiger charge is -2.19. The van der Waals surface area contributed by atoms with Gasteiger partial charge in [-0.05, 0) is 30.4 Å². The van der Waals surface area contributed by atoms with E-state index in [1.54, 1.807) is 4.57 Å². The average Bonchev–Trinajstić information content (AvgIpc) is 3.26. The molecule has 0 amide bonds. The van der Waals surface area contributed by atoms with Gasteiger partial charge in [0.05, 0.1) is 12.4 Å². The lowest BCUT2D eigenvalue weighted by Crippen LogP contribution is -2.36. The van der Waals surface area contributed by atoms with Crippen molar-refractivity contribution in [1.82, 2.24) is 19.5 Å². The molecule has 1 aliphatic heterocycles. The van der Waals surface area contributed by atoms with Crippen LogP contribution in [-0.2, 0) is 17.6 Å². The number of aryl methyl sites for hydroxylation is 1. The molecule has 5 atom stereocenters. The third kappa shape index (κ3) is 3.82. The van der Waals surface area contributed by atoms with Gasteiger partial charge in [0, 0.05) is 6.04 Å². The number of rotatable bonds is 6. The number of nitrogens with zero attached hydrogens (tertiary/aromatic N) is 4. The molecule has 154 valence electrons. The molecule has 1 fully saturated rings. The number of hydrogen-bond acceptors (Lipinski definition) is 8. The van der Waals surface area contributed by atoms with Crippen molar-refractivity contribution in [3.05, 3.63) is 48.0 Å². The van der Waals surface area contributed by atoms with Crippen LogP contribution in [0.3, 0.4) is 0 Å². The summed E-state index contributed by atoms with van der Waals surface area (Å²) in [5.41, 5.74) is 15.4. The summed E-state index contributed by atoms with van der Waals surface area (Å²) in [6, 6.07) is 8.13. The van der Waals surface area contributed by atoms with E-state index in [0.717, 1.165) is 12.0 Å². The Balaban J connectivity index is 1.45. The summed E-state index contributed by atoms with van der Waals surface area (Å²) in [7, 11) is 0. The maximum atomic E-state index is 10.5. The summed E-state index contributed by atoms with van der Waals surface area (Å²) in [5.74, 6) is 0.245. The number of nitrogens with two attached hydrogens (primary N) is 2. The number of aromatic nitrogens is 4. The Kier molecular flexibility index (Phi) is 5.46. The fraction of sp³-hybridized carbons (Fsp3) is 0.450. The van der Waals surface area contributed by atoms with Crippen molar-refractivity contribution in [3.63, 3.8) is 0 Å². The van der Waals surface area contributed by atoms with Crippen LogP contribution >= 0.6 is 0 Å². The maximum absolute atomic E-state index is 10.5. The van der Waals surface area contributed by atoms with Crippen LogP contribution in [0.5, 0.6) is 0 Å². The van der Waals surface area contributed by atoms with Crippen molar-refractivity contribution in [2.45, 2.75) is 56.8 Å². The van der Waals surface area contributed by atoms with Gasteiger partial charge in [0.2, 0.25) is 0 Å². The molecule has 2 aromatic heterocycles. The Morgan fingerprint density at radius 3 is 2.55 bits per heavy atom. The standard InChI is InChI=1S/C20H26N6O3/c1-2-11-3-5-12(6-4-11)7-13(21)8-14-16(27)17(28)20(29-14)26-10-25-15-18(22)23-9-24-19(15)26/h3-6,9-10,13-14,16-17,20,27-28H,2,7-8,21H2,1H3,(H2,22,23,24). The first-order chi connectivity index (χ1) is 14.0. The van der Waals surface area contributed by atoms with Gasteiger partial charge < -0.3 is 26.4 Å². The Morgan fingerprint density at radius 2 is 1.83 bits per heavy atom. The maximum Gasteiger partial charge on any atom is 0.167 e. The predicted molar refractivity (Wildman–Crippen MR) is 108 cm³/mol. The number of benzene rings is 1. The molecule has 1 aliphatic rings. The second-order valence-corrected chi connectivity index (χ2v) is 7.50. The Bertz CT molecular complexity index is 976. The molecule has 29 heavy (non-hydrogen) atoms. The van der Waals surface area contributed by atoms with Crippen molar-refractivity contribution in [3.8, 4) is 0 Å². The van der Waals surface area contributed by atoms with Crippen molar-refractivity contribution < 1.29 is 14.9 Å². The zero-order valence-electron chi connectivity index (χ0n) is 16.2. The van der Waals surface area contributed by atoms with Crippen molar-refractivity contribution in [2.75, 3.05) is 5.73 Å². The number of imidazole rings is 1. The second-order valence-electron chi connectivity index (χ2n) is 7.50. The molecule has 1 aromatic carbocycles. The van der Waals surface area contributed by atoms with Crippen LogP contribution in [0.1, 0.15) is 30.7 Å². The molecule has 9 nitrogen and oxygen atoms in total. The summed E-state index contributed by atoms with van der Waals surface area (Å²) in [6.07, 6.45) is 1.24. The van der Waals surface area contributed by atoms with Gasteiger partial charge in [-0.1, -0.05) is 31.2 Å². The van der Waals surface area contributed by atoms with Gasteiger partial charge in [0.25, 0.3) is 0 Å². The smallest absolute Gasteiger partial charge is 0.167 e. The lowest BCUT2D eigenvalue weighted by atomic mass is 9.97. The molecule has 4 rings (SSSR count). The molecule has 9 heteroatoms. The highest BCUT2D eigenvalue weighted by Gasteiger charge is 2.44. The normalized spacial score (nSPS) is 25.5. The molecule has 0 spiro atoms. The molecular formula is C20H26N6O3. The summed E-state index contributed by atoms with van der Waals surface area (Å²) in [5, 5.41) is 21.1. The summed E-state index contributed by atoms with van der Waals surface area (Å²) < 4.78 is 7.53. The first-order valence-corrected chi connectivity index (χ1v) is 9.76. The van der Waals surface area contributed by atoms with Crippen LogP contribution in [0.25, 0.3) is 11.2 Å². The minimum absolute atomic E-state index is 0.217. The van der Waals surface area contributed by atoms with E-state index in [2.05, 4.69) is 46.1 Å². The van der Waals surface area contributed by atoms with Crippen LogP contribution in [0.2, 0.25) is 0 Å². The first-order valence-electron chi connectivity index (χ1n) is 9.76. The number of hydrogen-bond donors (Lipinski definition) is 4. The number of anilines is 1. The van der Waals surface area contributed by atoms with E-state index in [1.165, 1.54) is 18.2 Å². The van der Waals surface area contributed by atoms with Gasteiger partial charge in [0.1, 0.15) is 24.1 Å². The highest BCUT2D eigenvalue weighted by Crippen LogP contribution is 2.33. The van der Waals surface area contributed by atoms with E-state index >= 15 is 0 Å². The summed E-state index contributed by atoms with van der Waals surface area (Å²) in [6.45, 7) is 2.12. The van der Waals surface area contributed by atoms with Crippen molar-refractivity contribution in [2.24, 2.45) is 5.73 Å². The molecule has 0 saturated carbocycles. The van der Waals surface area contributed by atoms with E-state index in [4.69, 9.17) is 16.2 Å². The van der Waals surface area contributed by atoms with E-state index in [1.807, 2.05) is 0 Å². The molecule has 1 saturated heterocycles. The second kappa shape index (κ2) is 8.03. The quantitative estimate of drug-likeness (QED) is 0.471. The summed E-state index contributed by atoms with van der Waals surface area (Å²) in [4.78, 5) is 12.3. The Hall–Kier alpha value is -2.59. The topological polar surface area (TPSA) is 145 Å². The minimum atomic E-state index is -1.13. The number of ether oxygens (including phenoxy) is 1. The van der Waals surface area contributed by atoms with Crippen molar-refractivity contribution >= 4 is 17.0 Å². The largest absolute Gasteiger partial charge is 0.388 e. The van der Waals surface area contributed by atoms with Gasteiger partial charge in [-0.3, -0.25) is 4.57 Å². The summed E-state index contributed by atoms with van der Waals surface area (Å²) >= 11 is 0. The minimum Gasteiger partial charge on any atom is -0.388 e. The third-order valence-corrected chi connectivity index (χ3v) is 5.46. The number of nitrogen functional groups attached to an aromatic ring is 1. The average molecular weight is 398 g/mol. The van der Waals surface area contributed by atoms with E-state index in [9.17, 15) is 10.2 Å². The van der Waals surface area contributed by atoms with Crippen LogP contribution in [-0.4, -0.2) is 54.1 Å². The van der Waals surface area contributed by atoms with E-state index in [-0.39, 0.29) is 11.9 Å². The van der Waals surface area contributed by atoms with Gasteiger partial charge >= 0.3 is 0 Å². The number of aliphatic hydroxyl groups excluding tert-OH is 2. The molecule has 0 bridgehead atoms. The molecule has 5 unspecified atom stereocenters. The molecule has 0 radical (unpaired) electrons. The van der Waals surface area contributed by atoms with Gasteiger partial charge in [-0.15, -0.1) is 0 Å². The molecule has 6 N–H and O–H groups in total. The zero-order chi connectivity index (χ0) is 20.5. The fourth-order valence-electron chi connectivity index (χ4n) is 3.81. The predicted octanol–water partition coefficient (Wildman–Crippen LogP) is 0.550. The molecule has 3 heterocycles. The number of fused-ring (bicyclic) bond motifs is 1. The highest BCUT2D eigenvalue weighted by molar-refractivity contribution is 5.81. The SMILES string of the molecule is CCc1ccc(CC(N)CC2OC(n3cnc4c(N)ncnc43)C(O)C2O)cc1. The molecule has 3 aromatic rings. The Morgan fingerprint density at radius 1 is 1.10 bits per heavy atom. The number of aliphatic hydroxyl groups is 2. The van der Waals surface area contributed by atoms with Crippen LogP contribution < -0.4 is 11.5 Å².